The number of carboxylic acid groups (broad SMARTS) is 1. The molecule has 0 aromatic heterocycles. The van der Waals surface area contributed by atoms with E-state index in [2.05, 4.69) is 0 Å². The van der Waals surface area contributed by atoms with Gasteiger partial charge in [-0.05, 0) is 30.7 Å². The van der Waals surface area contributed by atoms with Gasteiger partial charge in [0, 0.05) is 12.6 Å². The van der Waals surface area contributed by atoms with Crippen LogP contribution in [0, 0.1) is 0 Å². The van der Waals surface area contributed by atoms with Gasteiger partial charge < -0.3 is 24.2 Å². The number of morpholine rings is 1. The fourth-order valence-electron chi connectivity index (χ4n) is 2.40. The number of aliphatic carboxylic acids is 1. The topological polar surface area (TPSA) is 85.3 Å². The molecule has 24 heavy (non-hydrogen) atoms. The van der Waals surface area contributed by atoms with Gasteiger partial charge in [-0.15, -0.1) is 0 Å². The van der Waals surface area contributed by atoms with Crippen molar-refractivity contribution in [3.05, 3.63) is 29.8 Å². The molecule has 1 N–H and O–H groups in total. The Balaban J connectivity index is 2.11. The number of benzene rings is 1. The van der Waals surface area contributed by atoms with E-state index in [4.69, 9.17) is 19.3 Å². The van der Waals surface area contributed by atoms with Crippen molar-refractivity contribution in [3.8, 4) is 11.5 Å². The molecule has 1 unspecified atom stereocenters. The highest BCUT2D eigenvalue weighted by molar-refractivity contribution is 5.94. The number of carbonyl (C=O) groups is 2. The molecule has 2 rings (SSSR count). The molecule has 1 heterocycles. The zero-order valence-corrected chi connectivity index (χ0v) is 13.7. The molecular weight excluding hydrogens is 314 g/mol. The number of ether oxygens (including phenoxy) is 3. The van der Waals surface area contributed by atoms with Crippen molar-refractivity contribution in [2.45, 2.75) is 13.0 Å². The van der Waals surface area contributed by atoms with E-state index < -0.39 is 12.0 Å². The number of carbonyl (C=O) groups excluding carboxylic acids is 1. The zero-order chi connectivity index (χ0) is 17.5. The Bertz CT molecular complexity index is 628. The molecule has 0 bridgehead atoms. The first-order valence-electron chi connectivity index (χ1n) is 7.67. The molecule has 1 fully saturated rings. The van der Waals surface area contributed by atoms with E-state index in [9.17, 15) is 9.59 Å². The number of carboxylic acids is 1. The number of methoxy groups -OCH3 is 1. The number of amides is 1. The summed E-state index contributed by atoms with van der Waals surface area (Å²) in [4.78, 5) is 24.8. The van der Waals surface area contributed by atoms with Gasteiger partial charge in [0.15, 0.2) is 17.5 Å². The van der Waals surface area contributed by atoms with Crippen molar-refractivity contribution in [3.63, 3.8) is 0 Å². The maximum Gasteiger partial charge on any atom is 0.328 e. The summed E-state index contributed by atoms with van der Waals surface area (Å²) in [6.07, 6.45) is 2.98. The summed E-state index contributed by atoms with van der Waals surface area (Å²) in [5.41, 5.74) is 0.754. The first-order chi connectivity index (χ1) is 11.6. The second kappa shape index (κ2) is 8.35. The van der Waals surface area contributed by atoms with Gasteiger partial charge in [0.2, 0.25) is 5.91 Å². The summed E-state index contributed by atoms with van der Waals surface area (Å²) < 4.78 is 15.8. The normalized spacial score (nSPS) is 17.8. The smallest absolute Gasteiger partial charge is 0.328 e. The maximum atomic E-state index is 12.3. The van der Waals surface area contributed by atoms with Crippen LogP contribution >= 0.6 is 0 Å². The van der Waals surface area contributed by atoms with Crippen LogP contribution < -0.4 is 9.47 Å². The van der Waals surface area contributed by atoms with Gasteiger partial charge in [-0.3, -0.25) is 4.79 Å². The van der Waals surface area contributed by atoms with Crippen LogP contribution in [0.2, 0.25) is 0 Å². The minimum absolute atomic E-state index is 0.00574. The van der Waals surface area contributed by atoms with Crippen LogP contribution in [-0.2, 0) is 14.3 Å². The molecule has 7 nitrogen and oxygen atoms in total. The summed E-state index contributed by atoms with van der Waals surface area (Å²) >= 11 is 0. The van der Waals surface area contributed by atoms with Crippen LogP contribution in [0.5, 0.6) is 11.5 Å². The fourth-order valence-corrected chi connectivity index (χ4v) is 2.40. The average Bonchev–Trinajstić information content (AvgIpc) is 2.60. The Morgan fingerprint density at radius 1 is 1.42 bits per heavy atom. The van der Waals surface area contributed by atoms with Crippen LogP contribution in [0.4, 0.5) is 0 Å². The van der Waals surface area contributed by atoms with E-state index in [0.29, 0.717) is 24.7 Å². The molecule has 0 spiro atoms. The van der Waals surface area contributed by atoms with Crippen LogP contribution in [0.25, 0.3) is 6.08 Å². The Morgan fingerprint density at radius 3 is 2.88 bits per heavy atom. The number of nitrogens with zero attached hydrogens (tertiary/aromatic N) is 1. The quantitative estimate of drug-likeness (QED) is 0.792. The minimum Gasteiger partial charge on any atom is -0.493 e. The minimum atomic E-state index is -1.07. The third-order valence-corrected chi connectivity index (χ3v) is 3.60. The highest BCUT2D eigenvalue weighted by Crippen LogP contribution is 2.28. The summed E-state index contributed by atoms with van der Waals surface area (Å²) in [6, 6.07) is 4.36. The van der Waals surface area contributed by atoms with Crippen LogP contribution in [0.15, 0.2) is 24.3 Å². The number of hydrogen-bond acceptors (Lipinski definition) is 5. The van der Waals surface area contributed by atoms with Gasteiger partial charge in [-0.2, -0.15) is 0 Å². The van der Waals surface area contributed by atoms with E-state index in [-0.39, 0.29) is 19.1 Å². The standard InChI is InChI=1S/C17H21NO6/c1-3-24-14-6-4-12(10-15(14)22-2)5-7-16(19)18-8-9-23-11-13(18)17(20)21/h4-7,10,13H,3,8-9,11H2,1-2H3,(H,20,21). The Labute approximate surface area is 140 Å². The molecule has 0 radical (unpaired) electrons. The SMILES string of the molecule is CCOc1ccc(C=CC(=O)N2CCOCC2C(=O)O)cc1OC. The van der Waals surface area contributed by atoms with Crippen molar-refractivity contribution in [1.29, 1.82) is 0 Å². The summed E-state index contributed by atoms with van der Waals surface area (Å²) in [7, 11) is 1.54. The monoisotopic (exact) mass is 335 g/mol. The molecule has 1 aromatic rings. The second-order valence-corrected chi connectivity index (χ2v) is 5.14. The molecule has 1 saturated heterocycles. The molecule has 130 valence electrons. The van der Waals surface area contributed by atoms with Gasteiger partial charge in [-0.1, -0.05) is 6.07 Å². The lowest BCUT2D eigenvalue weighted by Crippen LogP contribution is -2.52. The number of hydrogen-bond donors (Lipinski definition) is 1. The van der Waals surface area contributed by atoms with Crippen molar-refractivity contribution < 1.29 is 28.9 Å². The molecule has 1 amide bonds. The fraction of sp³-hybridized carbons (Fsp3) is 0.412. The number of rotatable bonds is 6. The summed E-state index contributed by atoms with van der Waals surface area (Å²) in [5.74, 6) is -0.235. The summed E-state index contributed by atoms with van der Waals surface area (Å²) in [5, 5.41) is 9.16. The lowest BCUT2D eigenvalue weighted by Gasteiger charge is -2.32. The van der Waals surface area contributed by atoms with Crippen LogP contribution in [0.3, 0.4) is 0 Å². The van der Waals surface area contributed by atoms with Gasteiger partial charge in [0.05, 0.1) is 26.9 Å². The third kappa shape index (κ3) is 4.26. The first-order valence-corrected chi connectivity index (χ1v) is 7.67. The van der Waals surface area contributed by atoms with Gasteiger partial charge in [0.1, 0.15) is 0 Å². The molecule has 1 aliphatic rings. The maximum absolute atomic E-state index is 12.3. The highest BCUT2D eigenvalue weighted by Gasteiger charge is 2.31. The van der Waals surface area contributed by atoms with Crippen molar-refractivity contribution in [1.82, 2.24) is 4.90 Å². The zero-order valence-electron chi connectivity index (χ0n) is 13.7. The van der Waals surface area contributed by atoms with Crippen molar-refractivity contribution in [2.24, 2.45) is 0 Å². The molecule has 1 atom stereocenters. The van der Waals surface area contributed by atoms with Crippen molar-refractivity contribution >= 4 is 18.0 Å². The molecule has 7 heteroatoms. The largest absolute Gasteiger partial charge is 0.493 e. The van der Waals surface area contributed by atoms with E-state index in [1.54, 1.807) is 31.4 Å². The van der Waals surface area contributed by atoms with E-state index in [1.807, 2.05) is 6.92 Å². The lowest BCUT2D eigenvalue weighted by atomic mass is 10.1. The van der Waals surface area contributed by atoms with Gasteiger partial charge in [-0.25, -0.2) is 4.79 Å². The molecule has 0 aliphatic carbocycles. The first kappa shape index (κ1) is 17.8. The Hall–Kier alpha value is -2.54. The second-order valence-electron chi connectivity index (χ2n) is 5.14. The van der Waals surface area contributed by atoms with E-state index in [0.717, 1.165) is 5.56 Å². The molecule has 1 aromatic carbocycles. The predicted octanol–water partition coefficient (Wildman–Crippen LogP) is 1.42. The van der Waals surface area contributed by atoms with Crippen LogP contribution in [-0.4, -0.2) is 61.4 Å². The van der Waals surface area contributed by atoms with Gasteiger partial charge >= 0.3 is 5.97 Å². The Morgan fingerprint density at radius 2 is 2.21 bits per heavy atom. The van der Waals surface area contributed by atoms with Gasteiger partial charge in [0.25, 0.3) is 0 Å². The Kier molecular flexibility index (Phi) is 6.20. The predicted molar refractivity (Wildman–Crippen MR) is 87.2 cm³/mol. The van der Waals surface area contributed by atoms with Crippen molar-refractivity contribution in [2.75, 3.05) is 33.5 Å². The highest BCUT2D eigenvalue weighted by atomic mass is 16.5. The van der Waals surface area contributed by atoms with E-state index >= 15 is 0 Å². The lowest BCUT2D eigenvalue weighted by molar-refractivity contribution is -0.156. The average molecular weight is 335 g/mol. The third-order valence-electron chi connectivity index (χ3n) is 3.60. The molecule has 1 aliphatic heterocycles. The molecule has 0 saturated carbocycles. The van der Waals surface area contributed by atoms with Crippen LogP contribution in [0.1, 0.15) is 12.5 Å². The summed E-state index contributed by atoms with van der Waals surface area (Å²) in [6.45, 7) is 3.00. The molecular formula is C17H21NO6. The van der Waals surface area contributed by atoms with E-state index in [1.165, 1.54) is 11.0 Å².